The average Bonchev–Trinajstić information content (AvgIpc) is 2.88. The fourth-order valence-electron chi connectivity index (χ4n) is 2.40. The van der Waals surface area contributed by atoms with E-state index in [0.29, 0.717) is 0 Å². The predicted molar refractivity (Wildman–Crippen MR) is 90.0 cm³/mol. The van der Waals surface area contributed by atoms with Crippen molar-refractivity contribution >= 4 is 27.1 Å². The first kappa shape index (κ1) is 13.2. The normalized spacial score (nSPS) is 10.9. The van der Waals surface area contributed by atoms with Crippen LogP contribution in [-0.2, 0) is 12.8 Å². The molecule has 3 rings (SSSR count). The molecule has 0 saturated heterocycles. The highest BCUT2D eigenvalue weighted by Gasteiger charge is 2.04. The zero-order chi connectivity index (χ0) is 13.9. The summed E-state index contributed by atoms with van der Waals surface area (Å²) in [6.07, 6.45) is 2.24. The summed E-state index contributed by atoms with van der Waals surface area (Å²) in [5, 5.41) is 1.37. The van der Waals surface area contributed by atoms with Gasteiger partial charge in [0, 0.05) is 29.4 Å². The van der Waals surface area contributed by atoms with Gasteiger partial charge in [0.15, 0.2) is 0 Å². The van der Waals surface area contributed by atoms with Gasteiger partial charge in [0.2, 0.25) is 0 Å². The Morgan fingerprint density at radius 2 is 1.70 bits per heavy atom. The van der Waals surface area contributed by atoms with E-state index in [-0.39, 0.29) is 0 Å². The molecule has 0 N–H and O–H groups in total. The van der Waals surface area contributed by atoms with Gasteiger partial charge in [-0.1, -0.05) is 30.3 Å². The summed E-state index contributed by atoms with van der Waals surface area (Å²) < 4.78 is 1.39. The molecule has 3 aromatic rings. The number of rotatable bonds is 4. The molecule has 0 aliphatic carbocycles. The second-order valence-electron chi connectivity index (χ2n) is 5.31. The summed E-state index contributed by atoms with van der Waals surface area (Å²) in [4.78, 5) is 3.63. The molecule has 0 amide bonds. The van der Waals surface area contributed by atoms with E-state index in [0.717, 1.165) is 12.8 Å². The summed E-state index contributed by atoms with van der Waals surface area (Å²) in [5.41, 5.74) is 2.68. The molecule has 0 aliphatic heterocycles. The Morgan fingerprint density at radius 3 is 2.45 bits per heavy atom. The molecule has 1 nitrogen and oxygen atoms in total. The molecular formula is C18H19NS. The second kappa shape index (κ2) is 5.68. The van der Waals surface area contributed by atoms with Crippen LogP contribution in [0.25, 0.3) is 10.1 Å². The fraction of sp³-hybridized carbons (Fsp3) is 0.222. The number of aryl methyl sites for hydroxylation is 2. The Kier molecular flexibility index (Phi) is 3.75. The van der Waals surface area contributed by atoms with Crippen molar-refractivity contribution in [3.63, 3.8) is 0 Å². The zero-order valence-electron chi connectivity index (χ0n) is 12.0. The fourth-order valence-corrected chi connectivity index (χ4v) is 3.44. The van der Waals surface area contributed by atoms with Crippen molar-refractivity contribution < 1.29 is 0 Å². The minimum atomic E-state index is 1.12. The number of hydrogen-bond donors (Lipinski definition) is 0. The Hall–Kier alpha value is -1.80. The Bertz CT molecular complexity index is 698. The third kappa shape index (κ3) is 2.86. The number of nitrogens with zero attached hydrogens (tertiary/aromatic N) is 1. The maximum Gasteiger partial charge on any atom is 0.0368 e. The van der Waals surface area contributed by atoms with Crippen LogP contribution in [0.1, 0.15) is 10.4 Å². The van der Waals surface area contributed by atoms with Gasteiger partial charge in [0.05, 0.1) is 0 Å². The van der Waals surface area contributed by atoms with Gasteiger partial charge in [-0.3, -0.25) is 0 Å². The van der Waals surface area contributed by atoms with Crippen LogP contribution in [0.5, 0.6) is 0 Å². The van der Waals surface area contributed by atoms with Crippen LogP contribution in [0, 0.1) is 0 Å². The lowest BCUT2D eigenvalue weighted by Crippen LogP contribution is -2.07. The van der Waals surface area contributed by atoms with E-state index < -0.39 is 0 Å². The Balaban J connectivity index is 1.79. The van der Waals surface area contributed by atoms with Crippen molar-refractivity contribution in [3.8, 4) is 0 Å². The summed E-state index contributed by atoms with van der Waals surface area (Å²) in [6, 6.07) is 19.8. The number of benzene rings is 2. The molecule has 0 bridgehead atoms. The lowest BCUT2D eigenvalue weighted by molar-refractivity contribution is 0.982. The van der Waals surface area contributed by atoms with Gasteiger partial charge in [-0.15, -0.1) is 11.3 Å². The molecule has 0 radical (unpaired) electrons. The maximum absolute atomic E-state index is 2.34. The predicted octanol–water partition coefficient (Wildman–Crippen LogP) is 4.75. The number of fused-ring (bicyclic) bond motifs is 1. The van der Waals surface area contributed by atoms with E-state index in [1.807, 2.05) is 11.3 Å². The van der Waals surface area contributed by atoms with Crippen LogP contribution < -0.4 is 4.90 Å². The monoisotopic (exact) mass is 281 g/mol. The summed E-state index contributed by atoms with van der Waals surface area (Å²) in [5.74, 6) is 0. The summed E-state index contributed by atoms with van der Waals surface area (Å²) in [6.45, 7) is 0. The van der Waals surface area contributed by atoms with Crippen LogP contribution in [0.4, 0.5) is 5.69 Å². The zero-order valence-corrected chi connectivity index (χ0v) is 12.8. The Labute approximate surface area is 124 Å². The molecule has 0 unspecified atom stereocenters. The first-order valence-electron chi connectivity index (χ1n) is 6.96. The molecule has 0 spiro atoms. The maximum atomic E-state index is 2.34. The van der Waals surface area contributed by atoms with E-state index >= 15 is 0 Å². The number of hydrogen-bond acceptors (Lipinski definition) is 2. The van der Waals surface area contributed by atoms with E-state index in [1.165, 1.54) is 26.2 Å². The molecule has 2 aromatic carbocycles. The third-order valence-electron chi connectivity index (χ3n) is 3.57. The molecule has 1 heterocycles. The van der Waals surface area contributed by atoms with Crippen molar-refractivity contribution in [3.05, 3.63) is 65.0 Å². The van der Waals surface area contributed by atoms with Crippen molar-refractivity contribution in [2.24, 2.45) is 0 Å². The second-order valence-corrected chi connectivity index (χ2v) is 6.48. The van der Waals surface area contributed by atoms with Gasteiger partial charge in [-0.25, -0.2) is 0 Å². The van der Waals surface area contributed by atoms with Gasteiger partial charge < -0.3 is 4.90 Å². The highest BCUT2D eigenvalue weighted by Crippen LogP contribution is 2.29. The minimum Gasteiger partial charge on any atom is -0.378 e. The summed E-state index contributed by atoms with van der Waals surface area (Å²) in [7, 11) is 4.17. The van der Waals surface area contributed by atoms with Gasteiger partial charge in [0.1, 0.15) is 0 Å². The smallest absolute Gasteiger partial charge is 0.0368 e. The minimum absolute atomic E-state index is 1.12. The molecule has 102 valence electrons. The molecule has 0 atom stereocenters. The molecular weight excluding hydrogens is 262 g/mol. The first-order chi connectivity index (χ1) is 9.72. The van der Waals surface area contributed by atoms with Crippen LogP contribution in [-0.4, -0.2) is 14.1 Å². The molecule has 2 heteroatoms. The lowest BCUT2D eigenvalue weighted by Gasteiger charge is -2.11. The van der Waals surface area contributed by atoms with Crippen LogP contribution >= 0.6 is 11.3 Å². The lowest BCUT2D eigenvalue weighted by atomic mass is 10.1. The van der Waals surface area contributed by atoms with E-state index in [4.69, 9.17) is 0 Å². The molecule has 0 fully saturated rings. The van der Waals surface area contributed by atoms with E-state index in [9.17, 15) is 0 Å². The van der Waals surface area contributed by atoms with E-state index in [1.54, 1.807) is 0 Å². The third-order valence-corrected chi connectivity index (χ3v) is 4.75. The van der Waals surface area contributed by atoms with Gasteiger partial charge in [-0.2, -0.15) is 0 Å². The van der Waals surface area contributed by atoms with Crippen LogP contribution in [0.15, 0.2) is 54.6 Å². The average molecular weight is 281 g/mol. The quantitative estimate of drug-likeness (QED) is 0.667. The van der Waals surface area contributed by atoms with Crippen LogP contribution in [0.3, 0.4) is 0 Å². The van der Waals surface area contributed by atoms with Gasteiger partial charge in [-0.05, 0) is 48.1 Å². The highest BCUT2D eigenvalue weighted by atomic mass is 32.1. The number of anilines is 1. The van der Waals surface area contributed by atoms with Gasteiger partial charge >= 0.3 is 0 Å². The van der Waals surface area contributed by atoms with Crippen LogP contribution in [0.2, 0.25) is 0 Å². The highest BCUT2D eigenvalue weighted by molar-refractivity contribution is 7.19. The van der Waals surface area contributed by atoms with Crippen molar-refractivity contribution in [1.29, 1.82) is 0 Å². The molecule has 1 aromatic heterocycles. The standard InChI is InChI=1S/C18H19NS/c1-19(2)16-9-11-18-15(12-16)13-17(20-18)10-8-14-6-4-3-5-7-14/h3-7,9,11-13H,8,10H2,1-2H3. The van der Waals surface area contributed by atoms with Crippen molar-refractivity contribution in [1.82, 2.24) is 0 Å². The Morgan fingerprint density at radius 1 is 0.900 bits per heavy atom. The summed E-state index contributed by atoms with van der Waals surface area (Å²) >= 11 is 1.92. The molecule has 0 aliphatic rings. The topological polar surface area (TPSA) is 3.24 Å². The van der Waals surface area contributed by atoms with Gasteiger partial charge in [0.25, 0.3) is 0 Å². The molecule has 20 heavy (non-hydrogen) atoms. The first-order valence-corrected chi connectivity index (χ1v) is 7.78. The van der Waals surface area contributed by atoms with Crippen molar-refractivity contribution in [2.45, 2.75) is 12.8 Å². The van der Waals surface area contributed by atoms with Crippen molar-refractivity contribution in [2.75, 3.05) is 19.0 Å². The van der Waals surface area contributed by atoms with E-state index in [2.05, 4.69) is 73.6 Å². The molecule has 0 saturated carbocycles. The largest absolute Gasteiger partial charge is 0.378 e. The SMILES string of the molecule is CN(C)c1ccc2sc(CCc3ccccc3)cc2c1. The number of thiophene rings is 1.